The Balaban J connectivity index is 2.00. The van der Waals surface area contributed by atoms with Gasteiger partial charge < -0.3 is 0 Å². The molecule has 25 heavy (non-hydrogen) atoms. The van der Waals surface area contributed by atoms with Gasteiger partial charge in [0.2, 0.25) is 0 Å². The number of nitrogens with zero attached hydrogens (tertiary/aromatic N) is 3. The van der Waals surface area contributed by atoms with Crippen LogP contribution in [0.1, 0.15) is 26.3 Å². The average molecular weight is 377 g/mol. The number of rotatable bonds is 3. The molecule has 1 heterocycles. The summed E-state index contributed by atoms with van der Waals surface area (Å²) < 4.78 is 0. The number of nitrogens with one attached hydrogen (secondary N) is 1. The number of hydrazine groups is 1. The number of hydrogen-bond acceptors (Lipinski definition) is 6. The molecule has 1 N–H and O–H groups in total. The topological polar surface area (TPSA) is 116 Å². The second kappa shape index (κ2) is 6.05. The standard InChI is InChI=1S/C15H6Cl2N4O4/c16-10-4-8-9(5-11(10)17)15(23)20(14(8)22)19-12-2-1-7(6-18)3-13(12)21(24)25/h1-5,19H. The quantitative estimate of drug-likeness (QED) is 0.498. The van der Waals surface area contributed by atoms with Gasteiger partial charge in [-0.15, -0.1) is 0 Å². The molecule has 0 fully saturated rings. The number of hydrogen-bond donors (Lipinski definition) is 1. The van der Waals surface area contributed by atoms with Crippen LogP contribution >= 0.6 is 23.2 Å². The molecule has 0 unspecified atom stereocenters. The Morgan fingerprint density at radius 2 is 1.64 bits per heavy atom. The molecule has 0 saturated heterocycles. The van der Waals surface area contributed by atoms with Crippen molar-refractivity contribution in [3.8, 4) is 6.07 Å². The van der Waals surface area contributed by atoms with Crippen molar-refractivity contribution in [3.05, 3.63) is 67.2 Å². The molecule has 0 radical (unpaired) electrons. The highest BCUT2D eigenvalue weighted by Gasteiger charge is 2.37. The minimum absolute atomic E-state index is 0.0307. The summed E-state index contributed by atoms with van der Waals surface area (Å²) in [6, 6.07) is 7.89. The number of amides is 2. The predicted octanol–water partition coefficient (Wildman–Crippen LogP) is 3.40. The van der Waals surface area contributed by atoms with Gasteiger partial charge in [0.25, 0.3) is 17.5 Å². The molecule has 8 nitrogen and oxygen atoms in total. The highest BCUT2D eigenvalue weighted by Crippen LogP contribution is 2.33. The van der Waals surface area contributed by atoms with Crippen LogP contribution in [-0.2, 0) is 0 Å². The molecule has 2 aromatic carbocycles. The molecule has 2 aromatic rings. The molecule has 1 aliphatic heterocycles. The summed E-state index contributed by atoms with van der Waals surface area (Å²) in [7, 11) is 0. The third-order valence-corrected chi connectivity index (χ3v) is 4.21. The number of nitriles is 1. The van der Waals surface area contributed by atoms with Gasteiger partial charge in [0.1, 0.15) is 5.69 Å². The second-order valence-corrected chi connectivity index (χ2v) is 5.78. The van der Waals surface area contributed by atoms with Crippen LogP contribution in [0.25, 0.3) is 0 Å². The third-order valence-electron chi connectivity index (χ3n) is 3.48. The predicted molar refractivity (Wildman–Crippen MR) is 88.4 cm³/mol. The van der Waals surface area contributed by atoms with Gasteiger partial charge in [-0.2, -0.15) is 10.3 Å². The number of benzene rings is 2. The summed E-state index contributed by atoms with van der Waals surface area (Å²) in [4.78, 5) is 35.2. The van der Waals surface area contributed by atoms with Crippen molar-refractivity contribution in [3.63, 3.8) is 0 Å². The van der Waals surface area contributed by atoms with Crippen LogP contribution in [0.2, 0.25) is 10.0 Å². The number of carbonyl (C=O) groups is 2. The minimum atomic E-state index is -0.727. The zero-order valence-electron chi connectivity index (χ0n) is 12.1. The Labute approximate surface area is 150 Å². The molecule has 0 atom stereocenters. The summed E-state index contributed by atoms with van der Waals surface area (Å²) >= 11 is 11.7. The van der Waals surface area contributed by atoms with Crippen molar-refractivity contribution in [1.82, 2.24) is 5.01 Å². The molecule has 0 bridgehead atoms. The normalized spacial score (nSPS) is 12.8. The second-order valence-electron chi connectivity index (χ2n) is 4.97. The number of anilines is 1. The summed E-state index contributed by atoms with van der Waals surface area (Å²) in [6.45, 7) is 0. The fourth-order valence-corrected chi connectivity index (χ4v) is 2.63. The number of nitro groups is 1. The molecule has 0 saturated carbocycles. The lowest BCUT2D eigenvalue weighted by atomic mass is 10.1. The lowest BCUT2D eigenvalue weighted by molar-refractivity contribution is -0.384. The lowest BCUT2D eigenvalue weighted by Gasteiger charge is -2.16. The molecule has 1 aliphatic rings. The maximum atomic E-state index is 12.4. The molecule has 0 aliphatic carbocycles. The first-order chi connectivity index (χ1) is 11.8. The zero-order chi connectivity index (χ0) is 18.3. The number of nitro benzene ring substituents is 1. The van der Waals surface area contributed by atoms with Gasteiger partial charge in [-0.25, -0.2) is 0 Å². The van der Waals surface area contributed by atoms with Crippen molar-refractivity contribution in [2.45, 2.75) is 0 Å². The van der Waals surface area contributed by atoms with Gasteiger partial charge in [0.05, 0.1) is 37.7 Å². The SMILES string of the molecule is N#Cc1ccc(NN2C(=O)c3cc(Cl)c(Cl)cc3C2=O)c([N+](=O)[O-])c1. The summed E-state index contributed by atoms with van der Waals surface area (Å²) in [5.74, 6) is -1.45. The van der Waals surface area contributed by atoms with Crippen LogP contribution < -0.4 is 5.43 Å². The first-order valence-electron chi connectivity index (χ1n) is 6.66. The first kappa shape index (κ1) is 16.7. The average Bonchev–Trinajstić information content (AvgIpc) is 2.80. The van der Waals surface area contributed by atoms with E-state index in [4.69, 9.17) is 28.5 Å². The summed E-state index contributed by atoms with van der Waals surface area (Å²) in [5, 5.41) is 20.8. The van der Waals surface area contributed by atoms with E-state index in [1.54, 1.807) is 6.07 Å². The van der Waals surface area contributed by atoms with Crippen LogP contribution in [0.3, 0.4) is 0 Å². The largest absolute Gasteiger partial charge is 0.295 e. The van der Waals surface area contributed by atoms with E-state index < -0.39 is 22.4 Å². The van der Waals surface area contributed by atoms with Crippen LogP contribution in [-0.4, -0.2) is 21.7 Å². The van der Waals surface area contributed by atoms with E-state index in [0.717, 1.165) is 6.07 Å². The van der Waals surface area contributed by atoms with E-state index in [2.05, 4.69) is 5.43 Å². The van der Waals surface area contributed by atoms with Gasteiger partial charge in [-0.05, 0) is 24.3 Å². The van der Waals surface area contributed by atoms with E-state index in [9.17, 15) is 19.7 Å². The maximum Gasteiger partial charge on any atom is 0.295 e. The Kier molecular flexibility index (Phi) is 4.04. The molecule has 124 valence electrons. The van der Waals surface area contributed by atoms with Crippen molar-refractivity contribution >= 4 is 46.4 Å². The van der Waals surface area contributed by atoms with Crippen LogP contribution in [0.15, 0.2) is 30.3 Å². The lowest BCUT2D eigenvalue weighted by Crippen LogP contribution is -2.35. The van der Waals surface area contributed by atoms with Crippen LogP contribution in [0.4, 0.5) is 11.4 Å². The Morgan fingerprint density at radius 1 is 1.08 bits per heavy atom. The molecular formula is C15H6Cl2N4O4. The monoisotopic (exact) mass is 376 g/mol. The van der Waals surface area contributed by atoms with Gasteiger partial charge in [0, 0.05) is 6.07 Å². The maximum absolute atomic E-state index is 12.4. The highest BCUT2D eigenvalue weighted by molar-refractivity contribution is 6.43. The number of imide groups is 1. The highest BCUT2D eigenvalue weighted by atomic mass is 35.5. The molecule has 10 heteroatoms. The van der Waals surface area contributed by atoms with Crippen molar-refractivity contribution in [2.75, 3.05) is 5.43 Å². The number of carbonyl (C=O) groups excluding carboxylic acids is 2. The Bertz CT molecular complexity index is 959. The molecule has 2 amide bonds. The smallest absolute Gasteiger partial charge is 0.282 e. The summed E-state index contributed by atoms with van der Waals surface area (Å²) in [5.41, 5.74) is 1.99. The van der Waals surface area contributed by atoms with Crippen molar-refractivity contribution < 1.29 is 14.5 Å². The van der Waals surface area contributed by atoms with Crippen molar-refractivity contribution in [2.24, 2.45) is 0 Å². The van der Waals surface area contributed by atoms with Crippen LogP contribution in [0.5, 0.6) is 0 Å². The van der Waals surface area contributed by atoms with Gasteiger partial charge in [0.15, 0.2) is 0 Å². The third kappa shape index (κ3) is 2.76. The van der Waals surface area contributed by atoms with Gasteiger partial charge >= 0.3 is 0 Å². The molecule has 0 aromatic heterocycles. The van der Waals surface area contributed by atoms with E-state index in [1.165, 1.54) is 24.3 Å². The molecule has 3 rings (SSSR count). The first-order valence-corrected chi connectivity index (χ1v) is 7.42. The van der Waals surface area contributed by atoms with Gasteiger partial charge in [-0.3, -0.25) is 25.1 Å². The summed E-state index contributed by atoms with van der Waals surface area (Å²) in [6.07, 6.45) is 0. The molecule has 0 spiro atoms. The van der Waals surface area contributed by atoms with Gasteiger partial charge in [-0.1, -0.05) is 23.2 Å². The number of halogens is 2. The van der Waals surface area contributed by atoms with E-state index >= 15 is 0 Å². The fraction of sp³-hybridized carbons (Fsp3) is 0. The molecular weight excluding hydrogens is 371 g/mol. The Hall–Kier alpha value is -3.15. The van der Waals surface area contributed by atoms with Crippen molar-refractivity contribution in [1.29, 1.82) is 5.26 Å². The Morgan fingerprint density at radius 3 is 2.12 bits per heavy atom. The van der Waals surface area contributed by atoms with E-state index in [-0.39, 0.29) is 32.4 Å². The van der Waals surface area contributed by atoms with E-state index in [1.807, 2.05) is 0 Å². The van der Waals surface area contributed by atoms with E-state index in [0.29, 0.717) is 5.01 Å². The minimum Gasteiger partial charge on any atom is -0.282 e. The zero-order valence-corrected chi connectivity index (χ0v) is 13.6. The fourth-order valence-electron chi connectivity index (χ4n) is 2.30. The number of fused-ring (bicyclic) bond motifs is 1. The van der Waals surface area contributed by atoms with Crippen LogP contribution in [0, 0.1) is 21.4 Å².